The Bertz CT molecular complexity index is 1010. The van der Waals surface area contributed by atoms with Crippen LogP contribution >= 0.6 is 0 Å². The Morgan fingerprint density at radius 2 is 1.52 bits per heavy atom. The standard InChI is InChI=1S/C26H26N2O3/c1-16-7-13-20(14-8-16)27-24(29)21(15-17-5-3-2-4-6-17)28-25(30)22-18-9-10-19(12-11-18)23(22)26(28)31/h2-10,13-14,18-19,21-23H,11-12,15H2,1H3,(H,27,29). The van der Waals surface area contributed by atoms with Gasteiger partial charge in [0.05, 0.1) is 11.8 Å². The molecule has 2 aromatic rings. The molecule has 3 amide bonds. The minimum Gasteiger partial charge on any atom is -0.324 e. The van der Waals surface area contributed by atoms with E-state index in [0.717, 1.165) is 24.0 Å². The molecule has 158 valence electrons. The van der Waals surface area contributed by atoms with Crippen molar-refractivity contribution in [2.45, 2.75) is 32.2 Å². The van der Waals surface area contributed by atoms with E-state index in [4.69, 9.17) is 0 Å². The summed E-state index contributed by atoms with van der Waals surface area (Å²) in [4.78, 5) is 41.6. The summed E-state index contributed by atoms with van der Waals surface area (Å²) in [5.41, 5.74) is 2.67. The molecule has 1 saturated heterocycles. The largest absolute Gasteiger partial charge is 0.324 e. The van der Waals surface area contributed by atoms with E-state index in [-0.39, 0.29) is 41.4 Å². The Hall–Kier alpha value is -3.21. The second-order valence-electron chi connectivity index (χ2n) is 8.95. The van der Waals surface area contributed by atoms with Gasteiger partial charge in [0, 0.05) is 12.1 Å². The molecule has 2 fully saturated rings. The van der Waals surface area contributed by atoms with Gasteiger partial charge in [-0.3, -0.25) is 19.3 Å². The van der Waals surface area contributed by atoms with Gasteiger partial charge in [0.2, 0.25) is 17.7 Å². The second kappa shape index (κ2) is 7.80. The molecular weight excluding hydrogens is 388 g/mol. The molecule has 0 radical (unpaired) electrons. The van der Waals surface area contributed by atoms with Gasteiger partial charge in [-0.05, 0) is 49.3 Å². The van der Waals surface area contributed by atoms with E-state index in [1.165, 1.54) is 4.90 Å². The number of anilines is 1. The fourth-order valence-corrected chi connectivity index (χ4v) is 5.41. The van der Waals surface area contributed by atoms with Crippen molar-refractivity contribution >= 4 is 23.4 Å². The van der Waals surface area contributed by atoms with Crippen molar-refractivity contribution in [1.29, 1.82) is 0 Å². The summed E-state index contributed by atoms with van der Waals surface area (Å²) in [7, 11) is 0. The number of rotatable bonds is 5. The van der Waals surface area contributed by atoms with Crippen molar-refractivity contribution in [3.05, 3.63) is 77.9 Å². The highest BCUT2D eigenvalue weighted by Gasteiger charge is 2.58. The molecule has 3 aliphatic carbocycles. The van der Waals surface area contributed by atoms with Crippen LogP contribution in [-0.4, -0.2) is 28.7 Å². The molecule has 2 aromatic carbocycles. The van der Waals surface area contributed by atoms with Crippen molar-refractivity contribution in [3.8, 4) is 0 Å². The lowest BCUT2D eigenvalue weighted by atomic mass is 9.63. The fourth-order valence-electron chi connectivity index (χ4n) is 5.41. The Labute approximate surface area is 182 Å². The van der Waals surface area contributed by atoms with Crippen LogP contribution in [0.15, 0.2) is 66.7 Å². The zero-order valence-electron chi connectivity index (χ0n) is 17.5. The Morgan fingerprint density at radius 1 is 0.935 bits per heavy atom. The maximum Gasteiger partial charge on any atom is 0.248 e. The van der Waals surface area contributed by atoms with Gasteiger partial charge in [-0.2, -0.15) is 0 Å². The van der Waals surface area contributed by atoms with Crippen molar-refractivity contribution < 1.29 is 14.4 Å². The van der Waals surface area contributed by atoms with Gasteiger partial charge in [0.1, 0.15) is 6.04 Å². The minimum absolute atomic E-state index is 0.106. The first-order chi connectivity index (χ1) is 15.0. The lowest BCUT2D eigenvalue weighted by Gasteiger charge is -2.38. The molecular formula is C26H26N2O3. The molecule has 4 aliphatic rings. The van der Waals surface area contributed by atoms with E-state index in [1.807, 2.05) is 61.5 Å². The highest BCUT2D eigenvalue weighted by Crippen LogP contribution is 2.50. The van der Waals surface area contributed by atoms with E-state index < -0.39 is 6.04 Å². The maximum atomic E-state index is 13.5. The van der Waals surface area contributed by atoms with Crippen molar-refractivity contribution in [1.82, 2.24) is 4.90 Å². The molecule has 2 bridgehead atoms. The zero-order chi connectivity index (χ0) is 21.5. The number of nitrogens with zero attached hydrogens (tertiary/aromatic N) is 1. The summed E-state index contributed by atoms with van der Waals surface area (Å²) in [5.74, 6) is -1.12. The van der Waals surface area contributed by atoms with Crippen molar-refractivity contribution in [2.24, 2.45) is 23.7 Å². The number of benzene rings is 2. The molecule has 5 unspecified atom stereocenters. The van der Waals surface area contributed by atoms with Crippen LogP contribution in [-0.2, 0) is 20.8 Å². The number of nitrogens with one attached hydrogen (secondary N) is 1. The summed E-state index contributed by atoms with van der Waals surface area (Å²) in [5, 5.41) is 2.93. The SMILES string of the molecule is Cc1ccc(NC(=O)C(Cc2ccccc2)N2C(=O)C3C4C=CC(CC4)C3C2=O)cc1. The van der Waals surface area contributed by atoms with E-state index >= 15 is 0 Å². The Balaban J connectivity index is 1.46. The van der Waals surface area contributed by atoms with Gasteiger partial charge in [-0.15, -0.1) is 0 Å². The summed E-state index contributed by atoms with van der Waals surface area (Å²) < 4.78 is 0. The van der Waals surface area contributed by atoms with Crippen LogP contribution in [0.3, 0.4) is 0 Å². The van der Waals surface area contributed by atoms with Crippen molar-refractivity contribution in [2.75, 3.05) is 5.32 Å². The van der Waals surface area contributed by atoms with Crippen LogP contribution in [0, 0.1) is 30.6 Å². The highest BCUT2D eigenvalue weighted by molar-refractivity contribution is 6.10. The summed E-state index contributed by atoms with van der Waals surface area (Å²) in [6, 6.07) is 16.2. The van der Waals surface area contributed by atoms with Gasteiger partial charge in [-0.1, -0.05) is 60.2 Å². The zero-order valence-corrected chi connectivity index (χ0v) is 17.5. The predicted molar refractivity (Wildman–Crippen MR) is 118 cm³/mol. The topological polar surface area (TPSA) is 66.5 Å². The number of imide groups is 1. The van der Waals surface area contributed by atoms with Gasteiger partial charge in [-0.25, -0.2) is 0 Å². The van der Waals surface area contributed by atoms with Crippen LogP contribution in [0.5, 0.6) is 0 Å². The minimum atomic E-state index is -0.867. The first kappa shape index (κ1) is 19.7. The second-order valence-corrected chi connectivity index (χ2v) is 8.95. The number of likely N-dealkylation sites (tertiary alicyclic amines) is 1. The van der Waals surface area contributed by atoms with Crippen LogP contribution < -0.4 is 5.32 Å². The average Bonchev–Trinajstić information content (AvgIpc) is 3.07. The van der Waals surface area contributed by atoms with Crippen LogP contribution in [0.1, 0.15) is 24.0 Å². The number of hydrogen-bond acceptors (Lipinski definition) is 3. The molecule has 5 atom stereocenters. The van der Waals surface area contributed by atoms with Gasteiger partial charge >= 0.3 is 0 Å². The normalized spacial score (nSPS) is 27.3. The molecule has 1 N–H and O–H groups in total. The Morgan fingerprint density at radius 3 is 2.06 bits per heavy atom. The number of carbonyl (C=O) groups excluding carboxylic acids is 3. The number of amides is 3. The predicted octanol–water partition coefficient (Wildman–Crippen LogP) is 3.74. The molecule has 1 aliphatic heterocycles. The van der Waals surface area contributed by atoms with E-state index in [1.54, 1.807) is 0 Å². The fraction of sp³-hybridized carbons (Fsp3) is 0.346. The molecule has 31 heavy (non-hydrogen) atoms. The molecule has 0 spiro atoms. The lowest BCUT2D eigenvalue weighted by Crippen LogP contribution is -2.49. The third-order valence-corrected chi connectivity index (χ3v) is 7.00. The number of hydrogen-bond donors (Lipinski definition) is 1. The molecule has 5 nitrogen and oxygen atoms in total. The Kier molecular flexibility index (Phi) is 4.97. The van der Waals surface area contributed by atoms with Gasteiger partial charge in [0.15, 0.2) is 0 Å². The van der Waals surface area contributed by atoms with Gasteiger partial charge < -0.3 is 5.32 Å². The number of fused-ring (bicyclic) bond motifs is 1. The van der Waals surface area contributed by atoms with E-state index in [9.17, 15) is 14.4 Å². The molecule has 5 heteroatoms. The van der Waals surface area contributed by atoms with Crippen LogP contribution in [0.2, 0.25) is 0 Å². The van der Waals surface area contributed by atoms with E-state index in [2.05, 4.69) is 17.5 Å². The first-order valence-corrected chi connectivity index (χ1v) is 11.0. The number of carbonyl (C=O) groups is 3. The van der Waals surface area contributed by atoms with E-state index in [0.29, 0.717) is 12.1 Å². The smallest absolute Gasteiger partial charge is 0.248 e. The summed E-state index contributed by atoms with van der Waals surface area (Å²) in [6.07, 6.45) is 6.38. The molecule has 1 heterocycles. The third-order valence-electron chi connectivity index (χ3n) is 7.00. The summed E-state index contributed by atoms with van der Waals surface area (Å²) in [6.45, 7) is 1.98. The summed E-state index contributed by atoms with van der Waals surface area (Å²) >= 11 is 0. The number of allylic oxidation sites excluding steroid dienone is 2. The highest BCUT2D eigenvalue weighted by atomic mass is 16.2. The lowest BCUT2D eigenvalue weighted by molar-refractivity contribution is -0.146. The molecule has 0 aromatic heterocycles. The quantitative estimate of drug-likeness (QED) is 0.599. The monoisotopic (exact) mass is 414 g/mol. The van der Waals surface area contributed by atoms with Crippen LogP contribution in [0.4, 0.5) is 5.69 Å². The molecule has 6 rings (SSSR count). The molecule has 1 saturated carbocycles. The van der Waals surface area contributed by atoms with Crippen LogP contribution in [0.25, 0.3) is 0 Å². The first-order valence-electron chi connectivity index (χ1n) is 11.0. The van der Waals surface area contributed by atoms with Crippen molar-refractivity contribution in [3.63, 3.8) is 0 Å². The maximum absolute atomic E-state index is 13.5. The number of aryl methyl sites for hydroxylation is 1. The third kappa shape index (κ3) is 3.48. The van der Waals surface area contributed by atoms with Gasteiger partial charge in [0.25, 0.3) is 0 Å². The average molecular weight is 415 g/mol.